The molecule has 0 bridgehead atoms. The second kappa shape index (κ2) is 5.00. The molecule has 1 aromatic heterocycles. The lowest BCUT2D eigenvalue weighted by molar-refractivity contribution is 0.122. The molecule has 0 aliphatic carbocycles. The lowest BCUT2D eigenvalue weighted by Gasteiger charge is -2.29. The Morgan fingerprint density at radius 1 is 1.18 bits per heavy atom. The summed E-state index contributed by atoms with van der Waals surface area (Å²) in [6.07, 6.45) is 4.45. The van der Waals surface area contributed by atoms with Crippen LogP contribution in [0.2, 0.25) is 0 Å². The highest BCUT2D eigenvalue weighted by Crippen LogP contribution is 2.29. The molecule has 1 aliphatic rings. The zero-order valence-corrected chi connectivity index (χ0v) is 11.3. The third kappa shape index (κ3) is 2.57. The summed E-state index contributed by atoms with van der Waals surface area (Å²) < 4.78 is 7.57. The number of ether oxygens (including phenoxy) is 1. The minimum Gasteiger partial charge on any atom is -0.378 e. The lowest BCUT2D eigenvalue weighted by atomic mass is 10.1. The normalized spacial score (nSPS) is 16.6. The predicted octanol–water partition coefficient (Wildman–Crippen LogP) is 1.65. The van der Waals surface area contributed by atoms with Gasteiger partial charge in [0.25, 0.3) is 0 Å². The predicted molar refractivity (Wildman–Crippen MR) is 71.6 cm³/mol. The zero-order chi connectivity index (χ0) is 12.4. The van der Waals surface area contributed by atoms with Gasteiger partial charge < -0.3 is 14.6 Å². The molecule has 0 amide bonds. The molecule has 0 spiro atoms. The van der Waals surface area contributed by atoms with Gasteiger partial charge in [0, 0.05) is 39.6 Å². The van der Waals surface area contributed by atoms with Crippen molar-refractivity contribution in [3.8, 4) is 0 Å². The van der Waals surface area contributed by atoms with E-state index >= 15 is 0 Å². The standard InChI is InChI=1S/C13H23N3O/c1-11(2)12-9-16(14(3)4)10-13(12)15-5-7-17-8-6-15/h9-11H,5-8H2,1-4H3. The first kappa shape index (κ1) is 12.3. The summed E-state index contributed by atoms with van der Waals surface area (Å²) in [5.74, 6) is 0.550. The maximum atomic E-state index is 5.42. The second-order valence-corrected chi connectivity index (χ2v) is 5.08. The zero-order valence-electron chi connectivity index (χ0n) is 11.3. The third-order valence-electron chi connectivity index (χ3n) is 3.26. The lowest BCUT2D eigenvalue weighted by Crippen LogP contribution is -2.36. The Bertz CT molecular complexity index is 365. The van der Waals surface area contributed by atoms with E-state index in [-0.39, 0.29) is 0 Å². The molecule has 1 saturated heterocycles. The van der Waals surface area contributed by atoms with Crippen molar-refractivity contribution in [2.45, 2.75) is 19.8 Å². The van der Waals surface area contributed by atoms with Crippen molar-refractivity contribution in [2.75, 3.05) is 50.3 Å². The van der Waals surface area contributed by atoms with Crippen molar-refractivity contribution in [3.05, 3.63) is 18.0 Å². The van der Waals surface area contributed by atoms with E-state index in [0.29, 0.717) is 5.92 Å². The van der Waals surface area contributed by atoms with Crippen molar-refractivity contribution in [3.63, 3.8) is 0 Å². The van der Waals surface area contributed by atoms with Gasteiger partial charge in [-0.25, -0.2) is 0 Å². The number of anilines is 1. The van der Waals surface area contributed by atoms with Crippen LogP contribution < -0.4 is 9.91 Å². The second-order valence-electron chi connectivity index (χ2n) is 5.08. The maximum absolute atomic E-state index is 5.42. The quantitative estimate of drug-likeness (QED) is 0.797. The van der Waals surface area contributed by atoms with Gasteiger partial charge in [0.1, 0.15) is 0 Å². The maximum Gasteiger partial charge on any atom is 0.0642 e. The van der Waals surface area contributed by atoms with Crippen LogP contribution >= 0.6 is 0 Å². The number of nitrogens with zero attached hydrogens (tertiary/aromatic N) is 3. The molecule has 0 unspecified atom stereocenters. The smallest absolute Gasteiger partial charge is 0.0642 e. The molecule has 0 atom stereocenters. The topological polar surface area (TPSA) is 20.6 Å². The SMILES string of the molecule is CC(C)c1cn(N(C)C)cc1N1CCOCC1. The van der Waals surface area contributed by atoms with Crippen molar-refractivity contribution in [2.24, 2.45) is 0 Å². The number of hydrogen-bond acceptors (Lipinski definition) is 3. The Morgan fingerprint density at radius 2 is 1.82 bits per heavy atom. The van der Waals surface area contributed by atoms with Crippen LogP contribution in [0.25, 0.3) is 0 Å². The van der Waals surface area contributed by atoms with Crippen molar-refractivity contribution >= 4 is 5.69 Å². The fraction of sp³-hybridized carbons (Fsp3) is 0.692. The molecule has 17 heavy (non-hydrogen) atoms. The monoisotopic (exact) mass is 237 g/mol. The first-order valence-corrected chi connectivity index (χ1v) is 6.31. The average molecular weight is 237 g/mol. The fourth-order valence-electron chi connectivity index (χ4n) is 2.19. The molecule has 1 fully saturated rings. The van der Waals surface area contributed by atoms with E-state index < -0.39 is 0 Å². The Hall–Kier alpha value is -1.16. The van der Waals surface area contributed by atoms with Gasteiger partial charge in [0.2, 0.25) is 0 Å². The fourth-order valence-corrected chi connectivity index (χ4v) is 2.19. The number of hydrogen-bond donors (Lipinski definition) is 0. The molecule has 4 heteroatoms. The Balaban J connectivity index is 2.29. The summed E-state index contributed by atoms with van der Waals surface area (Å²) in [6, 6.07) is 0. The average Bonchev–Trinajstić information content (AvgIpc) is 2.75. The Kier molecular flexibility index (Phi) is 3.62. The molecular weight excluding hydrogens is 214 g/mol. The van der Waals surface area contributed by atoms with Crippen LogP contribution in [-0.2, 0) is 4.74 Å². The molecular formula is C13H23N3O. The summed E-state index contributed by atoms with van der Waals surface area (Å²) in [5.41, 5.74) is 2.78. The van der Waals surface area contributed by atoms with Crippen molar-refractivity contribution in [1.82, 2.24) is 4.68 Å². The van der Waals surface area contributed by atoms with Crippen molar-refractivity contribution in [1.29, 1.82) is 0 Å². The van der Waals surface area contributed by atoms with E-state index in [1.807, 2.05) is 0 Å². The molecule has 1 aliphatic heterocycles. The Labute approximate surface area is 104 Å². The molecule has 0 radical (unpaired) electrons. The van der Waals surface area contributed by atoms with E-state index in [1.54, 1.807) is 0 Å². The highest BCUT2D eigenvalue weighted by molar-refractivity contribution is 5.54. The molecule has 2 heterocycles. The summed E-state index contributed by atoms with van der Waals surface area (Å²) in [6.45, 7) is 8.17. The summed E-state index contributed by atoms with van der Waals surface area (Å²) in [4.78, 5) is 2.43. The third-order valence-corrected chi connectivity index (χ3v) is 3.26. The Morgan fingerprint density at radius 3 is 2.35 bits per heavy atom. The van der Waals surface area contributed by atoms with E-state index in [9.17, 15) is 0 Å². The minimum absolute atomic E-state index is 0.550. The largest absolute Gasteiger partial charge is 0.378 e. The first-order chi connectivity index (χ1) is 8.09. The van der Waals surface area contributed by atoms with Gasteiger partial charge in [0.05, 0.1) is 18.9 Å². The van der Waals surface area contributed by atoms with Crippen LogP contribution in [-0.4, -0.2) is 45.1 Å². The van der Waals surface area contributed by atoms with Gasteiger partial charge in [0.15, 0.2) is 0 Å². The summed E-state index contributed by atoms with van der Waals surface area (Å²) in [7, 11) is 4.13. The highest BCUT2D eigenvalue weighted by Gasteiger charge is 2.18. The van der Waals surface area contributed by atoms with E-state index in [1.165, 1.54) is 11.3 Å². The molecule has 0 saturated carbocycles. The summed E-state index contributed by atoms with van der Waals surface area (Å²) in [5, 5.41) is 2.09. The molecule has 2 rings (SSSR count). The van der Waals surface area contributed by atoms with Crippen LogP contribution in [0.3, 0.4) is 0 Å². The molecule has 4 nitrogen and oxygen atoms in total. The molecule has 0 N–H and O–H groups in total. The van der Waals surface area contributed by atoms with Crippen LogP contribution in [0, 0.1) is 0 Å². The molecule has 0 aromatic carbocycles. The number of morpholine rings is 1. The van der Waals surface area contributed by atoms with E-state index in [2.05, 4.69) is 54.9 Å². The number of rotatable bonds is 3. The minimum atomic E-state index is 0.550. The molecule has 96 valence electrons. The van der Waals surface area contributed by atoms with Gasteiger partial charge in [-0.3, -0.25) is 4.68 Å². The van der Waals surface area contributed by atoms with E-state index in [4.69, 9.17) is 4.74 Å². The van der Waals surface area contributed by atoms with Gasteiger partial charge in [-0.1, -0.05) is 13.8 Å². The van der Waals surface area contributed by atoms with Crippen LogP contribution in [0.1, 0.15) is 25.3 Å². The van der Waals surface area contributed by atoms with Crippen molar-refractivity contribution < 1.29 is 4.74 Å². The summed E-state index contributed by atoms with van der Waals surface area (Å²) >= 11 is 0. The van der Waals surface area contributed by atoms with Crippen LogP contribution in [0.15, 0.2) is 12.4 Å². The van der Waals surface area contributed by atoms with E-state index in [0.717, 1.165) is 26.3 Å². The van der Waals surface area contributed by atoms with Crippen LogP contribution in [0.4, 0.5) is 5.69 Å². The van der Waals surface area contributed by atoms with Gasteiger partial charge in [-0.15, -0.1) is 0 Å². The van der Waals surface area contributed by atoms with Crippen LogP contribution in [0.5, 0.6) is 0 Å². The number of aromatic nitrogens is 1. The molecule has 1 aromatic rings. The first-order valence-electron chi connectivity index (χ1n) is 6.31. The highest BCUT2D eigenvalue weighted by atomic mass is 16.5. The van der Waals surface area contributed by atoms with Gasteiger partial charge in [-0.05, 0) is 11.5 Å². The van der Waals surface area contributed by atoms with Gasteiger partial charge in [-0.2, -0.15) is 0 Å². The van der Waals surface area contributed by atoms with Gasteiger partial charge >= 0.3 is 0 Å².